The Morgan fingerprint density at radius 1 is 1.24 bits per heavy atom. The molecule has 1 aliphatic heterocycles. The number of nitrogens with one attached hydrogen (secondary N) is 1. The van der Waals surface area contributed by atoms with Crippen molar-refractivity contribution in [3.63, 3.8) is 0 Å². The number of aromatic amines is 1. The Labute approximate surface area is 170 Å². The van der Waals surface area contributed by atoms with E-state index in [1.807, 2.05) is 17.0 Å². The maximum atomic E-state index is 12.4. The van der Waals surface area contributed by atoms with E-state index >= 15 is 0 Å². The minimum absolute atomic E-state index is 0.0272. The van der Waals surface area contributed by atoms with E-state index in [0.717, 1.165) is 55.5 Å². The molecule has 29 heavy (non-hydrogen) atoms. The number of aromatic nitrogens is 1. The summed E-state index contributed by atoms with van der Waals surface area (Å²) in [6, 6.07) is 6.97. The van der Waals surface area contributed by atoms with E-state index in [-0.39, 0.29) is 17.7 Å². The second kappa shape index (κ2) is 7.70. The van der Waals surface area contributed by atoms with Crippen molar-refractivity contribution in [1.82, 2.24) is 9.88 Å². The molecule has 1 saturated heterocycles. The van der Waals surface area contributed by atoms with E-state index in [2.05, 4.69) is 11.6 Å². The lowest BCUT2D eigenvalue weighted by atomic mass is 9.93. The van der Waals surface area contributed by atoms with E-state index in [0.29, 0.717) is 23.0 Å². The average molecular weight is 393 g/mol. The van der Waals surface area contributed by atoms with Gasteiger partial charge < -0.3 is 26.5 Å². The van der Waals surface area contributed by atoms with Crippen molar-refractivity contribution in [3.8, 4) is 5.75 Å². The number of benzene rings is 1. The van der Waals surface area contributed by atoms with Crippen LogP contribution in [0.5, 0.6) is 5.75 Å². The average Bonchev–Trinajstić information content (AvgIpc) is 3.52. The highest BCUT2D eigenvalue weighted by Crippen LogP contribution is 2.49. The minimum atomic E-state index is -0.0459. The molecule has 1 amide bonds. The molecule has 2 fully saturated rings. The summed E-state index contributed by atoms with van der Waals surface area (Å²) in [7, 11) is 0. The van der Waals surface area contributed by atoms with Gasteiger partial charge in [-0.2, -0.15) is 0 Å². The summed E-state index contributed by atoms with van der Waals surface area (Å²) in [4.78, 5) is 17.7. The van der Waals surface area contributed by atoms with Gasteiger partial charge in [0.15, 0.2) is 0 Å². The van der Waals surface area contributed by atoms with Gasteiger partial charge in [0.25, 0.3) is 0 Å². The predicted molar refractivity (Wildman–Crippen MR) is 116 cm³/mol. The molecule has 1 atom stereocenters. The molecule has 2 aromatic rings. The fourth-order valence-corrected chi connectivity index (χ4v) is 4.36. The van der Waals surface area contributed by atoms with Gasteiger partial charge in [0.05, 0.1) is 6.04 Å². The monoisotopic (exact) mass is 392 g/mol. The van der Waals surface area contributed by atoms with Gasteiger partial charge in [-0.3, -0.25) is 4.79 Å². The Hall–Kier alpha value is -3.15. The van der Waals surface area contributed by atoms with E-state index in [1.165, 1.54) is 6.08 Å². The van der Waals surface area contributed by atoms with Gasteiger partial charge in [-0.15, -0.1) is 0 Å². The van der Waals surface area contributed by atoms with Gasteiger partial charge in [-0.05, 0) is 67.9 Å². The zero-order valence-corrected chi connectivity index (χ0v) is 16.5. The summed E-state index contributed by atoms with van der Waals surface area (Å²) in [5, 5.41) is 10.1. The third-order valence-corrected chi connectivity index (χ3v) is 5.93. The number of anilines is 1. The number of piperidine rings is 1. The summed E-state index contributed by atoms with van der Waals surface area (Å²) in [5.41, 5.74) is 16.8. The molecule has 1 aromatic carbocycles. The lowest BCUT2D eigenvalue weighted by molar-refractivity contribution is -0.129. The molecule has 6 N–H and O–H groups in total. The number of nitrogens with zero attached hydrogens (tertiary/aromatic N) is 1. The highest BCUT2D eigenvalue weighted by molar-refractivity contribution is 5.88. The van der Waals surface area contributed by atoms with Crippen LogP contribution in [-0.2, 0) is 4.79 Å². The number of hydrogen-bond donors (Lipinski definition) is 4. The quantitative estimate of drug-likeness (QED) is 0.579. The first kappa shape index (κ1) is 19.2. The molecule has 4 rings (SSSR count). The molecule has 2 heterocycles. The van der Waals surface area contributed by atoms with Crippen LogP contribution in [0.4, 0.5) is 5.82 Å². The first-order valence-corrected chi connectivity index (χ1v) is 10.2. The van der Waals surface area contributed by atoms with E-state index in [9.17, 15) is 9.90 Å². The molecule has 0 spiro atoms. The minimum Gasteiger partial charge on any atom is -0.507 e. The first-order chi connectivity index (χ1) is 14.0. The summed E-state index contributed by atoms with van der Waals surface area (Å²) in [6.45, 7) is 4.39. The maximum absolute atomic E-state index is 12.4. The third-order valence-electron chi connectivity index (χ3n) is 5.93. The molecule has 2 aliphatic rings. The second-order valence-electron chi connectivity index (χ2n) is 7.92. The van der Waals surface area contributed by atoms with Crippen LogP contribution in [0.15, 0.2) is 36.9 Å². The van der Waals surface area contributed by atoms with Crippen LogP contribution < -0.4 is 11.5 Å². The number of H-pyrrole nitrogens is 1. The number of rotatable bonds is 5. The van der Waals surface area contributed by atoms with Crippen molar-refractivity contribution in [2.75, 3.05) is 12.3 Å². The molecule has 1 saturated carbocycles. The van der Waals surface area contributed by atoms with Crippen LogP contribution in [0.2, 0.25) is 0 Å². The van der Waals surface area contributed by atoms with E-state index in [4.69, 9.17) is 11.5 Å². The zero-order chi connectivity index (χ0) is 20.5. The number of phenols is 1. The van der Waals surface area contributed by atoms with Crippen molar-refractivity contribution >= 4 is 23.5 Å². The van der Waals surface area contributed by atoms with Crippen molar-refractivity contribution in [1.29, 1.82) is 0 Å². The van der Waals surface area contributed by atoms with Gasteiger partial charge in [0.1, 0.15) is 11.6 Å². The largest absolute Gasteiger partial charge is 0.507 e. The third kappa shape index (κ3) is 3.62. The molecule has 0 radical (unpaired) electrons. The Bertz CT molecular complexity index is 971. The Morgan fingerprint density at radius 3 is 2.69 bits per heavy atom. The predicted octanol–water partition coefficient (Wildman–Crippen LogP) is 3.88. The number of hydrogen-bond acceptors (Lipinski definition) is 4. The Kier molecular flexibility index (Phi) is 5.09. The number of nitrogen functional groups attached to an aromatic ring is 1. The number of aromatic hydroxyl groups is 1. The summed E-state index contributed by atoms with van der Waals surface area (Å²) in [5.74, 6) is 1.07. The van der Waals surface area contributed by atoms with Gasteiger partial charge in [0.2, 0.25) is 5.91 Å². The highest BCUT2D eigenvalue weighted by atomic mass is 16.3. The lowest BCUT2D eigenvalue weighted by Gasteiger charge is -2.35. The molecule has 1 unspecified atom stereocenters. The van der Waals surface area contributed by atoms with Crippen LogP contribution >= 0.6 is 0 Å². The fourth-order valence-electron chi connectivity index (χ4n) is 4.36. The molecule has 6 heteroatoms. The van der Waals surface area contributed by atoms with Crippen LogP contribution in [0.25, 0.3) is 11.8 Å². The molecule has 6 nitrogen and oxygen atoms in total. The first-order valence-electron chi connectivity index (χ1n) is 10.2. The lowest BCUT2D eigenvalue weighted by Crippen LogP contribution is -2.38. The zero-order valence-electron chi connectivity index (χ0n) is 16.5. The second-order valence-corrected chi connectivity index (χ2v) is 7.92. The molecule has 1 aliphatic carbocycles. The van der Waals surface area contributed by atoms with Crippen LogP contribution in [0.3, 0.4) is 0 Å². The van der Waals surface area contributed by atoms with Gasteiger partial charge in [-0.1, -0.05) is 18.7 Å². The Balaban J connectivity index is 1.78. The van der Waals surface area contributed by atoms with Crippen LogP contribution in [0.1, 0.15) is 66.4 Å². The molecule has 0 bridgehead atoms. The smallest absolute Gasteiger partial charge is 0.246 e. The van der Waals surface area contributed by atoms with Gasteiger partial charge in [-0.25, -0.2) is 0 Å². The number of nitrogens with two attached hydrogens (primary N) is 2. The van der Waals surface area contributed by atoms with Crippen molar-refractivity contribution in [3.05, 3.63) is 59.3 Å². The number of para-hydroxylation sites is 1. The molecular weight excluding hydrogens is 364 g/mol. The summed E-state index contributed by atoms with van der Waals surface area (Å²) in [6.07, 6.45) is 8.40. The van der Waals surface area contributed by atoms with Gasteiger partial charge in [0, 0.05) is 29.1 Å². The molecule has 152 valence electrons. The van der Waals surface area contributed by atoms with Crippen molar-refractivity contribution in [2.45, 2.75) is 44.1 Å². The van der Waals surface area contributed by atoms with Crippen LogP contribution in [-0.4, -0.2) is 27.4 Å². The molecule has 1 aromatic heterocycles. The number of likely N-dealkylation sites (tertiary alicyclic amines) is 1. The SMILES string of the molecule is C=CC(=O)N1CCCCC1c1[nH]c(N)c(/C=C(\N)c2ccccc2O)c1C1CC1. The summed E-state index contributed by atoms with van der Waals surface area (Å²) < 4.78 is 0. The van der Waals surface area contributed by atoms with E-state index < -0.39 is 0 Å². The normalized spacial score (nSPS) is 19.9. The number of carbonyl (C=O) groups is 1. The van der Waals surface area contributed by atoms with E-state index in [1.54, 1.807) is 18.2 Å². The molecular formula is C23H28N4O2. The number of phenolic OH excluding ortho intramolecular Hbond substituents is 1. The highest BCUT2D eigenvalue weighted by Gasteiger charge is 2.36. The van der Waals surface area contributed by atoms with Gasteiger partial charge >= 0.3 is 0 Å². The topological polar surface area (TPSA) is 108 Å². The Morgan fingerprint density at radius 2 is 2.00 bits per heavy atom. The van der Waals surface area contributed by atoms with Crippen molar-refractivity contribution < 1.29 is 9.90 Å². The standard InChI is InChI=1S/C23H28N4O2/c1-2-20(29)27-12-6-5-8-18(27)22-21(14-10-11-14)16(23(25)26-22)13-17(24)15-7-3-4-9-19(15)28/h2-4,7,9,13-14,18,26,28H,1,5-6,8,10-12,24-25H2/b17-13-. The van der Waals surface area contributed by atoms with Crippen molar-refractivity contribution in [2.24, 2.45) is 5.73 Å². The fraction of sp³-hybridized carbons (Fsp3) is 0.348. The number of amides is 1. The van der Waals surface area contributed by atoms with Crippen LogP contribution in [0, 0.1) is 0 Å². The summed E-state index contributed by atoms with van der Waals surface area (Å²) >= 11 is 0. The maximum Gasteiger partial charge on any atom is 0.246 e. The number of carbonyl (C=O) groups excluding carboxylic acids is 1.